The molecule has 1 aromatic rings. The average Bonchev–Trinajstić information content (AvgIpc) is 2.99. The summed E-state index contributed by atoms with van der Waals surface area (Å²) in [5.74, 6) is 0.934. The molecule has 3 rings (SSSR count). The van der Waals surface area contributed by atoms with Gasteiger partial charge in [0.25, 0.3) is 0 Å². The highest BCUT2D eigenvalue weighted by Crippen LogP contribution is 2.35. The third-order valence-electron chi connectivity index (χ3n) is 5.48. The predicted molar refractivity (Wildman–Crippen MR) is 92.9 cm³/mol. The highest BCUT2D eigenvalue weighted by atomic mass is 16.5. The van der Waals surface area contributed by atoms with Crippen molar-refractivity contribution in [3.63, 3.8) is 0 Å². The number of hydrogen-bond donors (Lipinski definition) is 1. The molecule has 2 fully saturated rings. The second-order valence-corrected chi connectivity index (χ2v) is 7.67. The minimum atomic E-state index is -0.951. The van der Waals surface area contributed by atoms with E-state index in [-0.39, 0.29) is 17.9 Å². The first-order chi connectivity index (χ1) is 11.4. The summed E-state index contributed by atoms with van der Waals surface area (Å²) >= 11 is 0. The highest BCUT2D eigenvalue weighted by Gasteiger charge is 2.45. The van der Waals surface area contributed by atoms with Gasteiger partial charge in [0.05, 0.1) is 6.54 Å². The minimum absolute atomic E-state index is 0.186. The van der Waals surface area contributed by atoms with E-state index in [9.17, 15) is 9.90 Å². The Morgan fingerprint density at radius 2 is 1.83 bits per heavy atom. The summed E-state index contributed by atoms with van der Waals surface area (Å²) in [5.41, 5.74) is -1.24. The Kier molecular flexibility index (Phi) is 4.83. The van der Waals surface area contributed by atoms with Crippen LogP contribution in [0.5, 0.6) is 5.75 Å². The van der Waals surface area contributed by atoms with E-state index in [1.54, 1.807) is 0 Å². The number of carbonyl (C=O) groups is 1. The van der Waals surface area contributed by atoms with Gasteiger partial charge in [0.1, 0.15) is 18.0 Å². The Morgan fingerprint density at radius 3 is 2.50 bits per heavy atom. The van der Waals surface area contributed by atoms with Gasteiger partial charge in [0, 0.05) is 12.0 Å². The Balaban J connectivity index is 1.57. The van der Waals surface area contributed by atoms with Gasteiger partial charge in [-0.25, -0.2) is 0 Å². The van der Waals surface area contributed by atoms with Crippen molar-refractivity contribution in [1.29, 1.82) is 0 Å². The monoisotopic (exact) mass is 332 g/mol. The molecule has 5 heteroatoms. The predicted octanol–water partition coefficient (Wildman–Crippen LogP) is 1.76. The second kappa shape index (κ2) is 6.73. The summed E-state index contributed by atoms with van der Waals surface area (Å²) in [6.45, 7) is 5.18. The fraction of sp³-hybridized carbons (Fsp3) is 0.632. The fourth-order valence-electron chi connectivity index (χ4n) is 3.59. The summed E-state index contributed by atoms with van der Waals surface area (Å²) in [4.78, 5) is 17.0. The van der Waals surface area contributed by atoms with E-state index in [2.05, 4.69) is 18.9 Å². The minimum Gasteiger partial charge on any atom is -0.491 e. The van der Waals surface area contributed by atoms with Crippen molar-refractivity contribution in [2.24, 2.45) is 5.41 Å². The van der Waals surface area contributed by atoms with Gasteiger partial charge in [0.2, 0.25) is 5.91 Å². The van der Waals surface area contributed by atoms with E-state index in [0.29, 0.717) is 19.5 Å². The van der Waals surface area contributed by atoms with E-state index in [1.807, 2.05) is 35.2 Å². The van der Waals surface area contributed by atoms with Gasteiger partial charge in [-0.05, 0) is 51.5 Å². The molecule has 24 heavy (non-hydrogen) atoms. The molecule has 0 unspecified atom stereocenters. The Labute approximate surface area is 144 Å². The smallest absolute Gasteiger partial charge is 0.228 e. The number of benzene rings is 1. The maximum absolute atomic E-state index is 12.9. The number of hydrogen-bond acceptors (Lipinski definition) is 4. The standard InChI is InChI=1S/C19H28N2O3/c1-18(8-11-20(2)12-9-18)17(22)21-13-10-19(23,14-21)15-24-16-6-4-3-5-7-16/h3-7,23H,8-15H2,1-2H3/t19-/m0/s1. The highest BCUT2D eigenvalue weighted by molar-refractivity contribution is 5.83. The molecule has 1 amide bonds. The van der Waals surface area contributed by atoms with E-state index >= 15 is 0 Å². The van der Waals surface area contributed by atoms with Crippen molar-refractivity contribution in [2.75, 3.05) is 39.8 Å². The topological polar surface area (TPSA) is 53.0 Å². The van der Waals surface area contributed by atoms with Crippen molar-refractivity contribution in [2.45, 2.75) is 31.8 Å². The molecule has 0 aromatic heterocycles. The van der Waals surface area contributed by atoms with Crippen LogP contribution >= 0.6 is 0 Å². The normalized spacial score (nSPS) is 27.2. The number of para-hydroxylation sites is 1. The lowest BCUT2D eigenvalue weighted by molar-refractivity contribution is -0.144. The van der Waals surface area contributed by atoms with Crippen molar-refractivity contribution in [3.8, 4) is 5.75 Å². The quantitative estimate of drug-likeness (QED) is 0.913. The number of carbonyl (C=O) groups excluding carboxylic acids is 1. The number of amides is 1. The van der Waals surface area contributed by atoms with E-state index < -0.39 is 5.60 Å². The maximum Gasteiger partial charge on any atom is 0.228 e. The molecule has 2 heterocycles. The van der Waals surface area contributed by atoms with Crippen molar-refractivity contribution in [3.05, 3.63) is 30.3 Å². The van der Waals surface area contributed by atoms with Crippen LogP contribution < -0.4 is 4.74 Å². The van der Waals surface area contributed by atoms with Crippen molar-refractivity contribution >= 4 is 5.91 Å². The van der Waals surface area contributed by atoms with Gasteiger partial charge in [0.15, 0.2) is 0 Å². The van der Waals surface area contributed by atoms with Crippen LogP contribution in [0.15, 0.2) is 30.3 Å². The summed E-state index contributed by atoms with van der Waals surface area (Å²) in [7, 11) is 2.10. The summed E-state index contributed by atoms with van der Waals surface area (Å²) < 4.78 is 5.71. The van der Waals surface area contributed by atoms with Crippen LogP contribution in [0.1, 0.15) is 26.2 Å². The molecular formula is C19H28N2O3. The first-order valence-corrected chi connectivity index (χ1v) is 8.78. The lowest BCUT2D eigenvalue weighted by Gasteiger charge is -2.39. The van der Waals surface area contributed by atoms with E-state index in [4.69, 9.17) is 4.74 Å². The molecule has 2 aliphatic heterocycles. The van der Waals surface area contributed by atoms with Gasteiger partial charge in [-0.1, -0.05) is 25.1 Å². The zero-order valence-electron chi connectivity index (χ0n) is 14.7. The molecule has 1 atom stereocenters. The lowest BCUT2D eigenvalue weighted by atomic mass is 9.79. The summed E-state index contributed by atoms with van der Waals surface area (Å²) in [6.07, 6.45) is 2.34. The largest absolute Gasteiger partial charge is 0.491 e. The van der Waals surface area contributed by atoms with Crippen LogP contribution in [0.3, 0.4) is 0 Å². The molecule has 0 aliphatic carbocycles. The SMILES string of the molecule is CN1CCC(C)(C(=O)N2CC[C@@](O)(COc3ccccc3)C2)CC1. The number of nitrogens with zero attached hydrogens (tertiary/aromatic N) is 2. The zero-order chi connectivity index (χ0) is 17.2. The first-order valence-electron chi connectivity index (χ1n) is 8.78. The Morgan fingerprint density at radius 1 is 1.17 bits per heavy atom. The molecule has 0 bridgehead atoms. The molecule has 2 aliphatic rings. The molecule has 132 valence electrons. The molecule has 2 saturated heterocycles. The van der Waals surface area contributed by atoms with Crippen LogP contribution in [0.2, 0.25) is 0 Å². The Bertz CT molecular complexity index is 569. The van der Waals surface area contributed by atoms with E-state index in [0.717, 1.165) is 31.7 Å². The summed E-state index contributed by atoms with van der Waals surface area (Å²) in [5, 5.41) is 10.8. The van der Waals surface area contributed by atoms with Gasteiger partial charge < -0.3 is 19.6 Å². The van der Waals surface area contributed by atoms with Crippen LogP contribution in [0.4, 0.5) is 0 Å². The molecule has 0 radical (unpaired) electrons. The number of β-amino-alcohol motifs (C(OH)–C–C–N with tert-alkyl or cyclic N) is 1. The molecule has 0 spiro atoms. The van der Waals surface area contributed by atoms with E-state index in [1.165, 1.54) is 0 Å². The molecular weight excluding hydrogens is 304 g/mol. The van der Waals surface area contributed by atoms with Crippen LogP contribution in [0.25, 0.3) is 0 Å². The Hall–Kier alpha value is -1.59. The summed E-state index contributed by atoms with van der Waals surface area (Å²) in [6, 6.07) is 9.50. The number of ether oxygens (including phenoxy) is 1. The number of aliphatic hydroxyl groups is 1. The lowest BCUT2D eigenvalue weighted by Crippen LogP contribution is -2.49. The van der Waals surface area contributed by atoms with Gasteiger partial charge in [-0.15, -0.1) is 0 Å². The zero-order valence-corrected chi connectivity index (χ0v) is 14.7. The number of rotatable bonds is 4. The van der Waals surface area contributed by atoms with Crippen LogP contribution in [0, 0.1) is 5.41 Å². The van der Waals surface area contributed by atoms with Crippen LogP contribution in [-0.4, -0.2) is 66.2 Å². The molecule has 0 saturated carbocycles. The molecule has 1 N–H and O–H groups in total. The van der Waals surface area contributed by atoms with Crippen molar-refractivity contribution < 1.29 is 14.6 Å². The second-order valence-electron chi connectivity index (χ2n) is 7.67. The number of piperidine rings is 1. The average molecular weight is 332 g/mol. The molecule has 1 aromatic carbocycles. The maximum atomic E-state index is 12.9. The third kappa shape index (κ3) is 3.73. The fourth-order valence-corrected chi connectivity index (χ4v) is 3.59. The molecule has 5 nitrogen and oxygen atoms in total. The van der Waals surface area contributed by atoms with Crippen molar-refractivity contribution in [1.82, 2.24) is 9.80 Å². The number of likely N-dealkylation sites (tertiary alicyclic amines) is 2. The van der Waals surface area contributed by atoms with Gasteiger partial charge in [-0.2, -0.15) is 0 Å². The third-order valence-corrected chi connectivity index (χ3v) is 5.48. The first kappa shape index (κ1) is 17.2. The van der Waals surface area contributed by atoms with Gasteiger partial charge >= 0.3 is 0 Å². The van der Waals surface area contributed by atoms with Gasteiger partial charge in [-0.3, -0.25) is 4.79 Å². The van der Waals surface area contributed by atoms with Crippen LogP contribution in [-0.2, 0) is 4.79 Å².